The van der Waals surface area contributed by atoms with Crippen LogP contribution in [0.4, 0.5) is 0 Å². The molecule has 0 spiro atoms. The molecule has 4 rings (SSSR count). The van der Waals surface area contributed by atoms with Crippen molar-refractivity contribution in [3.05, 3.63) is 71.2 Å². The summed E-state index contributed by atoms with van der Waals surface area (Å²) in [5.74, 6) is 2.31. The average molecular weight is 426 g/mol. The molecular weight excluding hydrogens is 406 g/mol. The Balaban J connectivity index is 1.30. The fourth-order valence-corrected chi connectivity index (χ4v) is 3.88. The van der Waals surface area contributed by atoms with Gasteiger partial charge in [-0.2, -0.15) is 0 Å². The van der Waals surface area contributed by atoms with E-state index in [-0.39, 0.29) is 0 Å². The SMILES string of the molecule is CN=C(NCCc1ccc(Cl)nc1)NCc1ccc(-c2nc3ccccc3s2)o1. The first-order valence-electron chi connectivity index (χ1n) is 9.21. The topological polar surface area (TPSA) is 75.3 Å². The molecule has 8 heteroatoms. The van der Waals surface area contributed by atoms with E-state index in [9.17, 15) is 0 Å². The number of fused-ring (bicyclic) bond motifs is 1. The third-order valence-electron chi connectivity index (χ3n) is 4.31. The molecule has 0 radical (unpaired) electrons. The first-order valence-corrected chi connectivity index (χ1v) is 10.4. The number of pyridine rings is 1. The normalized spacial score (nSPS) is 11.7. The number of halogens is 1. The second-order valence-corrected chi connectivity index (χ2v) is 7.76. The molecule has 148 valence electrons. The van der Waals surface area contributed by atoms with Crippen molar-refractivity contribution in [1.82, 2.24) is 20.6 Å². The number of hydrogen-bond acceptors (Lipinski definition) is 5. The standard InChI is InChI=1S/C21H20ClN5OS/c1-23-21(24-11-10-14-6-9-19(22)25-12-14)26-13-15-7-8-17(28-15)20-27-16-4-2-3-5-18(16)29-20/h2-9,12H,10-11,13H2,1H3,(H2,23,24,26). The molecule has 4 aromatic rings. The fraction of sp³-hybridized carbons (Fsp3) is 0.190. The summed E-state index contributed by atoms with van der Waals surface area (Å²) in [6.07, 6.45) is 2.61. The number of hydrogen-bond donors (Lipinski definition) is 2. The molecule has 0 aliphatic carbocycles. The van der Waals surface area contributed by atoms with E-state index in [0.29, 0.717) is 17.7 Å². The molecule has 3 heterocycles. The summed E-state index contributed by atoms with van der Waals surface area (Å²) >= 11 is 7.44. The fourth-order valence-electron chi connectivity index (χ4n) is 2.84. The predicted molar refractivity (Wildman–Crippen MR) is 118 cm³/mol. The number of aliphatic imine (C=N–C) groups is 1. The zero-order chi connectivity index (χ0) is 20.1. The van der Waals surface area contributed by atoms with Crippen LogP contribution in [0.15, 0.2) is 64.1 Å². The molecule has 0 saturated carbocycles. The molecule has 6 nitrogen and oxygen atoms in total. The Morgan fingerprint density at radius 1 is 1.14 bits per heavy atom. The van der Waals surface area contributed by atoms with E-state index in [1.807, 2.05) is 36.4 Å². The number of thiazole rings is 1. The van der Waals surface area contributed by atoms with Crippen LogP contribution in [-0.4, -0.2) is 29.5 Å². The van der Waals surface area contributed by atoms with Crippen LogP contribution in [0.25, 0.3) is 21.0 Å². The maximum atomic E-state index is 5.96. The van der Waals surface area contributed by atoms with Crippen molar-refractivity contribution in [3.63, 3.8) is 0 Å². The van der Waals surface area contributed by atoms with Gasteiger partial charge in [0.1, 0.15) is 10.9 Å². The molecule has 1 aromatic carbocycles. The minimum absolute atomic E-state index is 0.503. The molecule has 0 unspecified atom stereocenters. The molecule has 0 aliphatic rings. The van der Waals surface area contributed by atoms with Gasteiger partial charge in [0, 0.05) is 19.8 Å². The number of nitrogens with zero attached hydrogens (tertiary/aromatic N) is 3. The highest BCUT2D eigenvalue weighted by molar-refractivity contribution is 7.21. The minimum Gasteiger partial charge on any atom is -0.457 e. The van der Waals surface area contributed by atoms with Crippen LogP contribution >= 0.6 is 22.9 Å². The second kappa shape index (κ2) is 9.07. The monoisotopic (exact) mass is 425 g/mol. The van der Waals surface area contributed by atoms with Gasteiger partial charge in [0.2, 0.25) is 0 Å². The molecule has 3 aromatic heterocycles. The number of aromatic nitrogens is 2. The van der Waals surface area contributed by atoms with E-state index in [0.717, 1.165) is 45.3 Å². The van der Waals surface area contributed by atoms with Crippen molar-refractivity contribution < 1.29 is 4.42 Å². The van der Waals surface area contributed by atoms with Crippen LogP contribution in [0.3, 0.4) is 0 Å². The molecule has 29 heavy (non-hydrogen) atoms. The highest BCUT2D eigenvalue weighted by Gasteiger charge is 2.10. The number of benzene rings is 1. The summed E-state index contributed by atoms with van der Waals surface area (Å²) in [4.78, 5) is 13.0. The third-order valence-corrected chi connectivity index (χ3v) is 5.59. The first-order chi connectivity index (χ1) is 14.2. The number of furan rings is 1. The summed E-state index contributed by atoms with van der Waals surface area (Å²) in [5, 5.41) is 7.94. The summed E-state index contributed by atoms with van der Waals surface area (Å²) in [5.41, 5.74) is 2.10. The van der Waals surface area contributed by atoms with Gasteiger partial charge in [-0.15, -0.1) is 11.3 Å². The molecular formula is C21H20ClN5OS. The Kier molecular flexibility index (Phi) is 6.07. The summed E-state index contributed by atoms with van der Waals surface area (Å²) in [7, 11) is 1.74. The molecule has 0 atom stereocenters. The van der Waals surface area contributed by atoms with Gasteiger partial charge >= 0.3 is 0 Å². The number of nitrogens with one attached hydrogen (secondary N) is 2. The van der Waals surface area contributed by atoms with E-state index >= 15 is 0 Å². The van der Waals surface area contributed by atoms with Gasteiger partial charge in [-0.1, -0.05) is 29.8 Å². The number of guanidine groups is 1. The van der Waals surface area contributed by atoms with Gasteiger partial charge in [-0.3, -0.25) is 4.99 Å². The van der Waals surface area contributed by atoms with Crippen molar-refractivity contribution in [2.75, 3.05) is 13.6 Å². The van der Waals surface area contributed by atoms with Crippen molar-refractivity contribution in [2.24, 2.45) is 4.99 Å². The van der Waals surface area contributed by atoms with Crippen LogP contribution in [0.1, 0.15) is 11.3 Å². The van der Waals surface area contributed by atoms with Crippen molar-refractivity contribution in [1.29, 1.82) is 0 Å². The maximum Gasteiger partial charge on any atom is 0.191 e. The van der Waals surface area contributed by atoms with Crippen LogP contribution in [0, 0.1) is 0 Å². The predicted octanol–water partition coefficient (Wildman–Crippen LogP) is 4.51. The van der Waals surface area contributed by atoms with Crippen molar-refractivity contribution in [2.45, 2.75) is 13.0 Å². The highest BCUT2D eigenvalue weighted by Crippen LogP contribution is 2.31. The lowest BCUT2D eigenvalue weighted by atomic mass is 10.2. The largest absolute Gasteiger partial charge is 0.457 e. The lowest BCUT2D eigenvalue weighted by Gasteiger charge is -2.10. The van der Waals surface area contributed by atoms with Gasteiger partial charge in [0.25, 0.3) is 0 Å². The van der Waals surface area contributed by atoms with Crippen LogP contribution in [0.5, 0.6) is 0 Å². The Morgan fingerprint density at radius 3 is 2.83 bits per heavy atom. The van der Waals surface area contributed by atoms with Gasteiger partial charge in [-0.25, -0.2) is 9.97 Å². The lowest BCUT2D eigenvalue weighted by molar-refractivity contribution is 0.513. The van der Waals surface area contributed by atoms with E-state index in [4.69, 9.17) is 16.0 Å². The van der Waals surface area contributed by atoms with Gasteiger partial charge in [0.05, 0.1) is 16.8 Å². The molecule has 0 amide bonds. The molecule has 0 aliphatic heterocycles. The van der Waals surface area contributed by atoms with Crippen LogP contribution < -0.4 is 10.6 Å². The Morgan fingerprint density at radius 2 is 2.03 bits per heavy atom. The van der Waals surface area contributed by atoms with Crippen LogP contribution in [0.2, 0.25) is 5.15 Å². The third kappa shape index (κ3) is 4.93. The zero-order valence-electron chi connectivity index (χ0n) is 15.9. The van der Waals surface area contributed by atoms with Gasteiger partial charge < -0.3 is 15.1 Å². The molecule has 0 saturated heterocycles. The Hall–Kier alpha value is -2.90. The molecule has 0 bridgehead atoms. The zero-order valence-corrected chi connectivity index (χ0v) is 17.4. The van der Waals surface area contributed by atoms with E-state index in [1.165, 1.54) is 0 Å². The second-order valence-electron chi connectivity index (χ2n) is 6.34. The van der Waals surface area contributed by atoms with Gasteiger partial charge in [0.15, 0.2) is 16.7 Å². The lowest BCUT2D eigenvalue weighted by Crippen LogP contribution is -2.37. The number of para-hydroxylation sites is 1. The molecule has 2 N–H and O–H groups in total. The number of rotatable bonds is 6. The summed E-state index contributed by atoms with van der Waals surface area (Å²) in [6.45, 7) is 1.27. The van der Waals surface area contributed by atoms with Crippen molar-refractivity contribution in [3.8, 4) is 10.8 Å². The van der Waals surface area contributed by atoms with Gasteiger partial charge in [-0.05, 0) is 42.3 Å². The van der Waals surface area contributed by atoms with Crippen LogP contribution in [-0.2, 0) is 13.0 Å². The maximum absolute atomic E-state index is 5.96. The molecule has 0 fully saturated rings. The smallest absolute Gasteiger partial charge is 0.191 e. The first kappa shape index (κ1) is 19.4. The summed E-state index contributed by atoms with van der Waals surface area (Å²) < 4.78 is 7.11. The van der Waals surface area contributed by atoms with E-state index in [1.54, 1.807) is 30.6 Å². The average Bonchev–Trinajstić information content (AvgIpc) is 3.38. The minimum atomic E-state index is 0.503. The quantitative estimate of drug-likeness (QED) is 0.270. The Bertz CT molecular complexity index is 1090. The van der Waals surface area contributed by atoms with Crippen molar-refractivity contribution >= 4 is 39.1 Å². The Labute approximate surface area is 177 Å². The van der Waals surface area contributed by atoms with E-state index in [2.05, 4.69) is 31.7 Å². The highest BCUT2D eigenvalue weighted by atomic mass is 35.5. The summed E-state index contributed by atoms with van der Waals surface area (Å²) in [6, 6.07) is 15.8. The van der Waals surface area contributed by atoms with E-state index < -0.39 is 0 Å².